The number of hydrogen-bond acceptors (Lipinski definition) is 6. The van der Waals surface area contributed by atoms with Crippen LogP contribution in [0.4, 0.5) is 5.69 Å². The molecule has 1 atom stereocenters. The van der Waals surface area contributed by atoms with Crippen LogP contribution in [-0.4, -0.2) is 89.8 Å². The lowest BCUT2D eigenvalue weighted by molar-refractivity contribution is -0.121. The lowest BCUT2D eigenvalue weighted by atomic mass is 10.2. The topological polar surface area (TPSA) is 82.2 Å². The zero-order chi connectivity index (χ0) is 21.6. The Bertz CT molecular complexity index is 797. The van der Waals surface area contributed by atoms with Crippen LogP contribution in [0.2, 0.25) is 5.02 Å². The number of sulfonamides is 1. The molecule has 10 heteroatoms. The van der Waals surface area contributed by atoms with E-state index in [1.54, 1.807) is 19.1 Å². The van der Waals surface area contributed by atoms with E-state index in [0.717, 1.165) is 49.7 Å². The maximum Gasteiger partial charge on any atom is 0.243 e. The van der Waals surface area contributed by atoms with E-state index in [-0.39, 0.29) is 11.6 Å². The zero-order valence-corrected chi connectivity index (χ0v) is 19.1. The maximum atomic E-state index is 12.7. The monoisotopic (exact) mass is 446 g/mol. The Labute approximate surface area is 178 Å². The third-order valence-electron chi connectivity index (χ3n) is 5.01. The molecule has 1 unspecified atom stereocenters. The van der Waals surface area contributed by atoms with Crippen LogP contribution in [0.3, 0.4) is 0 Å². The van der Waals surface area contributed by atoms with Gasteiger partial charge in [-0.25, -0.2) is 8.42 Å². The van der Waals surface area contributed by atoms with Gasteiger partial charge in [0, 0.05) is 37.7 Å². The summed E-state index contributed by atoms with van der Waals surface area (Å²) in [7, 11) is -0.190. The molecule has 0 aromatic heterocycles. The third-order valence-corrected chi connectivity index (χ3v) is 6.48. The number of hydrogen-bond donors (Lipinski definition) is 1. The number of halogens is 1. The van der Waals surface area contributed by atoms with E-state index in [4.69, 9.17) is 16.3 Å². The number of nitrogens with one attached hydrogen (secondary N) is 1. The molecule has 0 aliphatic carbocycles. The van der Waals surface area contributed by atoms with Gasteiger partial charge in [0.05, 0.1) is 19.1 Å². The first-order valence-corrected chi connectivity index (χ1v) is 11.9. The summed E-state index contributed by atoms with van der Waals surface area (Å²) >= 11 is 6.05. The molecule has 0 saturated carbocycles. The summed E-state index contributed by atoms with van der Waals surface area (Å²) in [5.41, 5.74) is 0.239. The molecule has 0 spiro atoms. The van der Waals surface area contributed by atoms with Crippen molar-refractivity contribution in [1.29, 1.82) is 0 Å². The predicted octanol–water partition coefficient (Wildman–Crippen LogP) is 1.26. The normalized spacial score (nSPS) is 17.0. The minimum Gasteiger partial charge on any atom is -0.495 e. The molecule has 29 heavy (non-hydrogen) atoms. The van der Waals surface area contributed by atoms with Crippen LogP contribution in [0.1, 0.15) is 13.3 Å². The fraction of sp³-hybridized carbons (Fsp3) is 0.632. The number of benzene rings is 1. The van der Waals surface area contributed by atoms with Crippen LogP contribution in [0.15, 0.2) is 18.2 Å². The summed E-state index contributed by atoms with van der Waals surface area (Å²) in [5.74, 6) is -0.0367. The van der Waals surface area contributed by atoms with Gasteiger partial charge in [-0.05, 0) is 45.1 Å². The van der Waals surface area contributed by atoms with Crippen molar-refractivity contribution in [1.82, 2.24) is 15.1 Å². The van der Waals surface area contributed by atoms with Crippen molar-refractivity contribution in [2.75, 3.05) is 64.0 Å². The van der Waals surface area contributed by atoms with E-state index >= 15 is 0 Å². The van der Waals surface area contributed by atoms with Gasteiger partial charge in [0.1, 0.15) is 11.8 Å². The highest BCUT2D eigenvalue weighted by Gasteiger charge is 2.31. The van der Waals surface area contributed by atoms with Gasteiger partial charge < -0.3 is 19.9 Å². The molecule has 1 heterocycles. The highest BCUT2D eigenvalue weighted by Crippen LogP contribution is 2.34. The maximum absolute atomic E-state index is 12.7. The standard InChI is InChI=1S/C19H31ClN4O4S/c1-15(19(25)21-8-5-9-23-12-10-22(2)11-13-23)24(29(4,26)27)17-14-16(20)6-7-18(17)28-3/h6-7,14-15H,5,8-13H2,1-4H3,(H,21,25). The number of nitrogens with zero attached hydrogens (tertiary/aromatic N) is 3. The molecular weight excluding hydrogens is 416 g/mol. The van der Waals surface area contributed by atoms with Crippen molar-refractivity contribution in [2.45, 2.75) is 19.4 Å². The zero-order valence-electron chi connectivity index (χ0n) is 17.5. The lowest BCUT2D eigenvalue weighted by Crippen LogP contribution is -2.48. The van der Waals surface area contributed by atoms with Crippen molar-refractivity contribution in [3.63, 3.8) is 0 Å². The van der Waals surface area contributed by atoms with E-state index in [9.17, 15) is 13.2 Å². The number of carbonyl (C=O) groups is 1. The predicted molar refractivity (Wildman–Crippen MR) is 116 cm³/mol. The molecular formula is C19H31ClN4O4S. The summed E-state index contributed by atoms with van der Waals surface area (Å²) in [4.78, 5) is 17.3. The SMILES string of the molecule is COc1ccc(Cl)cc1N(C(C)C(=O)NCCCN1CCN(C)CC1)S(C)(=O)=O. The van der Waals surface area contributed by atoms with Crippen LogP contribution in [0, 0.1) is 0 Å². The van der Waals surface area contributed by atoms with Crippen molar-refractivity contribution >= 4 is 33.2 Å². The molecule has 164 valence electrons. The number of ether oxygens (including phenoxy) is 1. The Kier molecular flexibility index (Phi) is 8.57. The van der Waals surface area contributed by atoms with E-state index < -0.39 is 16.1 Å². The van der Waals surface area contributed by atoms with Gasteiger partial charge in [0.2, 0.25) is 15.9 Å². The molecule has 1 aromatic rings. The van der Waals surface area contributed by atoms with Crippen molar-refractivity contribution < 1.29 is 17.9 Å². The Balaban J connectivity index is 2.00. The average molecular weight is 447 g/mol. The third kappa shape index (κ3) is 6.74. The number of carbonyl (C=O) groups excluding carboxylic acids is 1. The van der Waals surface area contributed by atoms with Gasteiger partial charge in [0.15, 0.2) is 0 Å². The summed E-state index contributed by atoms with van der Waals surface area (Å²) < 4.78 is 31.2. The summed E-state index contributed by atoms with van der Waals surface area (Å²) in [6.07, 6.45) is 1.87. The van der Waals surface area contributed by atoms with Crippen LogP contribution >= 0.6 is 11.6 Å². The van der Waals surface area contributed by atoms with Crippen molar-refractivity contribution in [3.05, 3.63) is 23.2 Å². The molecule has 2 rings (SSSR count). The van der Waals surface area contributed by atoms with Gasteiger partial charge in [-0.2, -0.15) is 0 Å². The quantitative estimate of drug-likeness (QED) is 0.575. The molecule has 1 N–H and O–H groups in total. The smallest absolute Gasteiger partial charge is 0.243 e. The van der Waals surface area contributed by atoms with Crippen LogP contribution in [0.5, 0.6) is 5.75 Å². The molecule has 8 nitrogen and oxygen atoms in total. The van der Waals surface area contributed by atoms with E-state index in [1.807, 2.05) is 0 Å². The van der Waals surface area contributed by atoms with Gasteiger partial charge in [-0.1, -0.05) is 11.6 Å². The second-order valence-corrected chi connectivity index (χ2v) is 9.64. The van der Waals surface area contributed by atoms with Gasteiger partial charge in [-0.15, -0.1) is 0 Å². The van der Waals surface area contributed by atoms with E-state index in [1.165, 1.54) is 13.2 Å². The largest absolute Gasteiger partial charge is 0.495 e. The number of likely N-dealkylation sites (N-methyl/N-ethyl adjacent to an activating group) is 1. The number of amides is 1. The molecule has 0 radical (unpaired) electrons. The Morgan fingerprint density at radius 2 is 1.97 bits per heavy atom. The van der Waals surface area contributed by atoms with Gasteiger partial charge in [0.25, 0.3) is 0 Å². The van der Waals surface area contributed by atoms with Crippen LogP contribution < -0.4 is 14.4 Å². The number of methoxy groups -OCH3 is 1. The Morgan fingerprint density at radius 3 is 2.55 bits per heavy atom. The van der Waals surface area contributed by atoms with Crippen molar-refractivity contribution in [2.24, 2.45) is 0 Å². The highest BCUT2D eigenvalue weighted by atomic mass is 35.5. The lowest BCUT2D eigenvalue weighted by Gasteiger charge is -2.32. The molecule has 1 aliphatic heterocycles. The van der Waals surface area contributed by atoms with E-state index in [2.05, 4.69) is 22.2 Å². The number of anilines is 1. The molecule has 0 bridgehead atoms. The summed E-state index contributed by atoms with van der Waals surface area (Å²) in [5, 5.41) is 3.21. The van der Waals surface area contributed by atoms with Gasteiger partial charge in [-0.3, -0.25) is 9.10 Å². The molecule has 1 saturated heterocycles. The molecule has 1 fully saturated rings. The average Bonchev–Trinajstić information content (AvgIpc) is 2.65. The Morgan fingerprint density at radius 1 is 1.31 bits per heavy atom. The summed E-state index contributed by atoms with van der Waals surface area (Å²) in [6, 6.07) is 3.73. The minimum atomic E-state index is -3.74. The van der Waals surface area contributed by atoms with Crippen molar-refractivity contribution in [3.8, 4) is 5.75 Å². The second kappa shape index (κ2) is 10.5. The second-order valence-electron chi connectivity index (χ2n) is 7.34. The minimum absolute atomic E-state index is 0.239. The highest BCUT2D eigenvalue weighted by molar-refractivity contribution is 7.92. The van der Waals surface area contributed by atoms with Gasteiger partial charge >= 0.3 is 0 Å². The summed E-state index contributed by atoms with van der Waals surface area (Å²) in [6.45, 7) is 7.09. The molecule has 1 amide bonds. The molecule has 1 aliphatic rings. The first-order chi connectivity index (χ1) is 13.6. The first-order valence-electron chi connectivity index (χ1n) is 9.65. The van der Waals surface area contributed by atoms with E-state index in [0.29, 0.717) is 17.3 Å². The number of rotatable bonds is 9. The fourth-order valence-corrected chi connectivity index (χ4v) is 4.69. The fourth-order valence-electron chi connectivity index (χ4n) is 3.35. The first kappa shape index (κ1) is 23.7. The Hall–Kier alpha value is -1.55. The van der Waals surface area contributed by atoms with Crippen LogP contribution in [0.25, 0.3) is 0 Å². The molecule has 1 aromatic carbocycles. The van der Waals surface area contributed by atoms with Crippen LogP contribution in [-0.2, 0) is 14.8 Å². The number of piperazine rings is 1.